The first-order chi connectivity index (χ1) is 9.50. The second-order valence-electron chi connectivity index (χ2n) is 5.95. The molecule has 1 aromatic rings. The van der Waals surface area contributed by atoms with Crippen LogP contribution in [0.5, 0.6) is 0 Å². The minimum atomic E-state index is -0.521. The molecule has 20 heavy (non-hydrogen) atoms. The standard InChI is InChI=1S/C16H24N2OS/c1-16(2,12-6-8-13(17)9-7-12)15(19)18-11-14-5-3-4-10-20-14/h6-9,14H,3-5,10-11,17H2,1-2H3,(H,18,19). The second-order valence-corrected chi connectivity index (χ2v) is 7.35. The van der Waals surface area contributed by atoms with E-state index in [4.69, 9.17) is 5.73 Å². The lowest BCUT2D eigenvalue weighted by atomic mass is 9.83. The molecule has 0 aliphatic carbocycles. The molecule has 3 N–H and O–H groups in total. The zero-order valence-corrected chi connectivity index (χ0v) is 13.1. The first-order valence-electron chi connectivity index (χ1n) is 7.26. The number of rotatable bonds is 4. The molecule has 1 saturated heterocycles. The van der Waals surface area contributed by atoms with Gasteiger partial charge in [0.1, 0.15) is 0 Å². The number of nitrogen functional groups attached to an aromatic ring is 1. The minimum Gasteiger partial charge on any atom is -0.399 e. The second kappa shape index (κ2) is 6.53. The van der Waals surface area contributed by atoms with E-state index in [-0.39, 0.29) is 5.91 Å². The highest BCUT2D eigenvalue weighted by Crippen LogP contribution is 2.26. The number of amides is 1. The van der Waals surface area contributed by atoms with Gasteiger partial charge < -0.3 is 11.1 Å². The highest BCUT2D eigenvalue weighted by atomic mass is 32.2. The van der Waals surface area contributed by atoms with Crippen LogP contribution in [0.1, 0.15) is 38.7 Å². The average molecular weight is 292 g/mol. The molecule has 2 rings (SSSR count). The average Bonchev–Trinajstić information content (AvgIpc) is 2.46. The number of carbonyl (C=O) groups excluding carboxylic acids is 1. The zero-order chi connectivity index (χ0) is 14.6. The molecular weight excluding hydrogens is 268 g/mol. The summed E-state index contributed by atoms with van der Waals surface area (Å²) < 4.78 is 0. The Morgan fingerprint density at radius 3 is 2.65 bits per heavy atom. The Morgan fingerprint density at radius 1 is 1.35 bits per heavy atom. The van der Waals surface area contributed by atoms with Gasteiger partial charge >= 0.3 is 0 Å². The van der Waals surface area contributed by atoms with Gasteiger partial charge in [-0.15, -0.1) is 0 Å². The van der Waals surface area contributed by atoms with Crippen LogP contribution in [0.15, 0.2) is 24.3 Å². The summed E-state index contributed by atoms with van der Waals surface area (Å²) in [6.07, 6.45) is 3.81. The zero-order valence-electron chi connectivity index (χ0n) is 12.3. The molecule has 0 spiro atoms. The fourth-order valence-electron chi connectivity index (χ4n) is 2.43. The molecule has 0 radical (unpaired) electrons. The van der Waals surface area contributed by atoms with E-state index < -0.39 is 5.41 Å². The summed E-state index contributed by atoms with van der Waals surface area (Å²) in [5.74, 6) is 1.32. The number of anilines is 1. The summed E-state index contributed by atoms with van der Waals surface area (Å²) in [4.78, 5) is 12.4. The molecule has 1 amide bonds. The third kappa shape index (κ3) is 3.69. The third-order valence-electron chi connectivity index (χ3n) is 3.96. The highest BCUT2D eigenvalue weighted by molar-refractivity contribution is 7.99. The van der Waals surface area contributed by atoms with Crippen LogP contribution < -0.4 is 11.1 Å². The Kier molecular flexibility index (Phi) is 4.97. The van der Waals surface area contributed by atoms with Crippen molar-refractivity contribution in [2.75, 3.05) is 18.0 Å². The molecule has 1 heterocycles. The van der Waals surface area contributed by atoms with Gasteiger partial charge in [-0.3, -0.25) is 4.79 Å². The highest BCUT2D eigenvalue weighted by Gasteiger charge is 2.30. The molecule has 1 aromatic carbocycles. The van der Waals surface area contributed by atoms with E-state index in [1.54, 1.807) is 0 Å². The Hall–Kier alpha value is -1.16. The molecule has 110 valence electrons. The monoisotopic (exact) mass is 292 g/mol. The van der Waals surface area contributed by atoms with E-state index in [2.05, 4.69) is 5.32 Å². The molecule has 1 fully saturated rings. The number of hydrogen-bond acceptors (Lipinski definition) is 3. The number of nitrogens with two attached hydrogens (primary N) is 1. The molecule has 0 bridgehead atoms. The summed E-state index contributed by atoms with van der Waals surface area (Å²) in [7, 11) is 0. The number of hydrogen-bond donors (Lipinski definition) is 2. The number of carbonyl (C=O) groups is 1. The van der Waals surface area contributed by atoms with Crippen molar-refractivity contribution in [3.63, 3.8) is 0 Å². The summed E-state index contributed by atoms with van der Waals surface area (Å²) in [6.45, 7) is 4.70. The summed E-state index contributed by atoms with van der Waals surface area (Å²) in [5, 5.41) is 3.69. The predicted molar refractivity (Wildman–Crippen MR) is 87.0 cm³/mol. The van der Waals surface area contributed by atoms with Crippen molar-refractivity contribution < 1.29 is 4.79 Å². The lowest BCUT2D eigenvalue weighted by Crippen LogP contribution is -2.43. The molecule has 0 aromatic heterocycles. The van der Waals surface area contributed by atoms with Gasteiger partial charge in [0.05, 0.1) is 5.41 Å². The molecule has 0 saturated carbocycles. The largest absolute Gasteiger partial charge is 0.399 e. The van der Waals surface area contributed by atoms with Crippen LogP contribution in [0.25, 0.3) is 0 Å². The Labute approximate surface area is 125 Å². The van der Waals surface area contributed by atoms with Crippen LogP contribution >= 0.6 is 11.8 Å². The Bertz CT molecular complexity index is 450. The van der Waals surface area contributed by atoms with E-state index in [9.17, 15) is 4.79 Å². The van der Waals surface area contributed by atoms with Gasteiger partial charge in [0.15, 0.2) is 0 Å². The minimum absolute atomic E-state index is 0.0912. The van der Waals surface area contributed by atoms with Crippen molar-refractivity contribution >= 4 is 23.4 Å². The van der Waals surface area contributed by atoms with Crippen molar-refractivity contribution in [1.29, 1.82) is 0 Å². The smallest absolute Gasteiger partial charge is 0.230 e. The van der Waals surface area contributed by atoms with Crippen molar-refractivity contribution in [1.82, 2.24) is 5.32 Å². The first kappa shape index (κ1) is 15.2. The van der Waals surface area contributed by atoms with Crippen LogP contribution in [0.2, 0.25) is 0 Å². The summed E-state index contributed by atoms with van der Waals surface area (Å²) in [6, 6.07) is 7.57. The summed E-state index contributed by atoms with van der Waals surface area (Å²) >= 11 is 1.98. The van der Waals surface area contributed by atoms with Crippen molar-refractivity contribution in [3.05, 3.63) is 29.8 Å². The van der Waals surface area contributed by atoms with Crippen molar-refractivity contribution in [2.24, 2.45) is 0 Å². The fraction of sp³-hybridized carbons (Fsp3) is 0.562. The van der Waals surface area contributed by atoms with Crippen LogP contribution in [0.3, 0.4) is 0 Å². The van der Waals surface area contributed by atoms with Crippen LogP contribution in [-0.4, -0.2) is 23.5 Å². The lowest BCUT2D eigenvalue weighted by molar-refractivity contribution is -0.125. The molecule has 1 atom stereocenters. The lowest BCUT2D eigenvalue weighted by Gasteiger charge is -2.27. The maximum Gasteiger partial charge on any atom is 0.230 e. The number of thioether (sulfide) groups is 1. The Balaban J connectivity index is 1.94. The topological polar surface area (TPSA) is 55.1 Å². The van der Waals surface area contributed by atoms with Gasteiger partial charge in [-0.2, -0.15) is 11.8 Å². The van der Waals surface area contributed by atoms with E-state index in [0.717, 1.165) is 17.8 Å². The van der Waals surface area contributed by atoms with Crippen LogP contribution in [0.4, 0.5) is 5.69 Å². The fourth-order valence-corrected chi connectivity index (χ4v) is 3.67. The quantitative estimate of drug-likeness (QED) is 0.839. The van der Waals surface area contributed by atoms with Gasteiger partial charge in [-0.05, 0) is 50.1 Å². The van der Waals surface area contributed by atoms with Crippen LogP contribution in [0, 0.1) is 0 Å². The third-order valence-corrected chi connectivity index (χ3v) is 5.36. The molecule has 1 aliphatic rings. The van der Waals surface area contributed by atoms with E-state index >= 15 is 0 Å². The SMILES string of the molecule is CC(C)(C(=O)NCC1CCCCS1)c1ccc(N)cc1. The van der Waals surface area contributed by atoms with Crippen molar-refractivity contribution in [3.8, 4) is 0 Å². The number of benzene rings is 1. The maximum absolute atomic E-state index is 12.4. The van der Waals surface area contributed by atoms with E-state index in [0.29, 0.717) is 5.25 Å². The van der Waals surface area contributed by atoms with E-state index in [1.807, 2.05) is 49.9 Å². The summed E-state index contributed by atoms with van der Waals surface area (Å²) in [5.41, 5.74) is 6.90. The van der Waals surface area contributed by atoms with Crippen LogP contribution in [-0.2, 0) is 10.2 Å². The van der Waals surface area contributed by atoms with Gasteiger partial charge in [-0.1, -0.05) is 18.6 Å². The molecule has 4 heteroatoms. The van der Waals surface area contributed by atoms with Crippen molar-refractivity contribution in [2.45, 2.75) is 43.8 Å². The van der Waals surface area contributed by atoms with Gasteiger partial charge in [-0.25, -0.2) is 0 Å². The Morgan fingerprint density at radius 2 is 2.05 bits per heavy atom. The molecule has 3 nitrogen and oxygen atoms in total. The first-order valence-corrected chi connectivity index (χ1v) is 8.31. The van der Waals surface area contributed by atoms with E-state index in [1.165, 1.54) is 25.0 Å². The molecular formula is C16H24N2OS. The van der Waals surface area contributed by atoms with Gasteiger partial charge in [0.2, 0.25) is 5.91 Å². The number of nitrogens with one attached hydrogen (secondary N) is 1. The normalized spacial score (nSPS) is 19.6. The maximum atomic E-state index is 12.4. The molecule has 1 aliphatic heterocycles. The van der Waals surface area contributed by atoms with Gasteiger partial charge in [0, 0.05) is 17.5 Å². The van der Waals surface area contributed by atoms with Gasteiger partial charge in [0.25, 0.3) is 0 Å². The predicted octanol–water partition coefficient (Wildman–Crippen LogP) is 2.95. The molecule has 1 unspecified atom stereocenters.